The molecule has 4 unspecified atom stereocenters. The summed E-state index contributed by atoms with van der Waals surface area (Å²) >= 11 is 1.51. The van der Waals surface area contributed by atoms with Gasteiger partial charge in [0.2, 0.25) is 0 Å². The molecule has 5 heteroatoms. The maximum absolute atomic E-state index is 11.2. The molecule has 1 saturated carbocycles. The van der Waals surface area contributed by atoms with Crippen LogP contribution in [0.15, 0.2) is 0 Å². The van der Waals surface area contributed by atoms with Crippen LogP contribution in [0.3, 0.4) is 0 Å². The Bertz CT molecular complexity index is 259. The second-order valence-corrected chi connectivity index (χ2v) is 6.39. The van der Waals surface area contributed by atoms with Gasteiger partial charge in [-0.05, 0) is 25.2 Å². The molecular weight excluding hydrogens is 252 g/mol. The predicted octanol–water partition coefficient (Wildman–Crippen LogP) is 1.74. The molecule has 1 aliphatic rings. The zero-order valence-corrected chi connectivity index (χ0v) is 11.7. The van der Waals surface area contributed by atoms with E-state index in [-0.39, 0.29) is 17.8 Å². The van der Waals surface area contributed by atoms with Gasteiger partial charge in [-0.25, -0.2) is 0 Å². The van der Waals surface area contributed by atoms with E-state index in [9.17, 15) is 15.0 Å². The molecule has 4 nitrogen and oxygen atoms in total. The van der Waals surface area contributed by atoms with E-state index in [0.717, 1.165) is 32.1 Å². The number of aliphatic hydroxyl groups excluding tert-OH is 2. The summed E-state index contributed by atoms with van der Waals surface area (Å²) in [7, 11) is 0. The monoisotopic (exact) mass is 276 g/mol. The average molecular weight is 276 g/mol. The molecule has 0 radical (unpaired) electrons. The summed E-state index contributed by atoms with van der Waals surface area (Å²) in [6.45, 7) is 1.90. The van der Waals surface area contributed by atoms with Crippen molar-refractivity contribution in [2.75, 3.05) is 12.4 Å². The zero-order chi connectivity index (χ0) is 13.5. The van der Waals surface area contributed by atoms with E-state index in [4.69, 9.17) is 5.11 Å². The second kappa shape index (κ2) is 8.02. The van der Waals surface area contributed by atoms with Crippen LogP contribution < -0.4 is 0 Å². The van der Waals surface area contributed by atoms with Gasteiger partial charge in [-0.2, -0.15) is 11.8 Å². The number of rotatable bonds is 7. The van der Waals surface area contributed by atoms with Crippen molar-refractivity contribution in [1.82, 2.24) is 0 Å². The van der Waals surface area contributed by atoms with E-state index >= 15 is 0 Å². The lowest BCUT2D eigenvalue weighted by Gasteiger charge is -2.33. The Kier molecular flexibility index (Phi) is 7.04. The minimum atomic E-state index is -0.740. The maximum atomic E-state index is 11.2. The maximum Gasteiger partial charge on any atom is 0.307 e. The van der Waals surface area contributed by atoms with Crippen molar-refractivity contribution in [3.63, 3.8) is 0 Å². The van der Waals surface area contributed by atoms with Gasteiger partial charge >= 0.3 is 5.97 Å². The fraction of sp³-hybridized carbons (Fsp3) is 0.923. The van der Waals surface area contributed by atoms with E-state index in [1.54, 1.807) is 0 Å². The average Bonchev–Trinajstić information content (AvgIpc) is 2.36. The van der Waals surface area contributed by atoms with E-state index in [0.29, 0.717) is 11.7 Å². The minimum Gasteiger partial charge on any atom is -0.481 e. The first kappa shape index (κ1) is 15.8. The summed E-state index contributed by atoms with van der Waals surface area (Å²) < 4.78 is 0. The number of thioether (sulfide) groups is 1. The summed E-state index contributed by atoms with van der Waals surface area (Å²) in [4.78, 5) is 11.2. The first-order chi connectivity index (χ1) is 8.58. The third-order valence-electron chi connectivity index (χ3n) is 3.63. The topological polar surface area (TPSA) is 77.8 Å². The van der Waals surface area contributed by atoms with Crippen molar-refractivity contribution >= 4 is 17.7 Å². The Morgan fingerprint density at radius 2 is 2.17 bits per heavy atom. The molecule has 0 heterocycles. The zero-order valence-electron chi connectivity index (χ0n) is 10.9. The molecule has 0 aromatic rings. The van der Waals surface area contributed by atoms with Gasteiger partial charge in [0.15, 0.2) is 0 Å². The van der Waals surface area contributed by atoms with Crippen LogP contribution in [0.2, 0.25) is 0 Å². The van der Waals surface area contributed by atoms with Crippen LogP contribution in [-0.2, 0) is 4.79 Å². The van der Waals surface area contributed by atoms with Gasteiger partial charge in [-0.3, -0.25) is 4.79 Å². The Hall–Kier alpha value is -0.260. The van der Waals surface area contributed by atoms with Crippen molar-refractivity contribution in [2.24, 2.45) is 11.8 Å². The number of carboxylic acids is 1. The molecule has 1 aliphatic carbocycles. The van der Waals surface area contributed by atoms with Crippen molar-refractivity contribution in [3.05, 3.63) is 0 Å². The highest BCUT2D eigenvalue weighted by Crippen LogP contribution is 2.38. The molecule has 1 fully saturated rings. The highest BCUT2D eigenvalue weighted by atomic mass is 32.2. The Morgan fingerprint density at radius 1 is 1.44 bits per heavy atom. The SMILES string of the molecule is CCCC1CCC(C(=O)O)C(SCC(O)CO)C1. The third-order valence-corrected chi connectivity index (χ3v) is 5.15. The first-order valence-electron chi connectivity index (χ1n) is 6.71. The van der Waals surface area contributed by atoms with Crippen LogP contribution in [0.4, 0.5) is 0 Å². The number of carbonyl (C=O) groups is 1. The van der Waals surface area contributed by atoms with Gasteiger partial charge in [-0.1, -0.05) is 19.8 Å². The fourth-order valence-electron chi connectivity index (χ4n) is 2.64. The van der Waals surface area contributed by atoms with Crippen LogP contribution in [0.1, 0.15) is 39.0 Å². The molecule has 0 aromatic heterocycles. The smallest absolute Gasteiger partial charge is 0.307 e. The highest BCUT2D eigenvalue weighted by molar-refractivity contribution is 8.00. The molecule has 0 saturated heterocycles. The predicted molar refractivity (Wildman–Crippen MR) is 72.7 cm³/mol. The molecular formula is C13H24O4S. The lowest BCUT2D eigenvalue weighted by molar-refractivity contribution is -0.142. The summed E-state index contributed by atoms with van der Waals surface area (Å²) in [6.07, 6.45) is 4.23. The van der Waals surface area contributed by atoms with Gasteiger partial charge in [0.1, 0.15) is 0 Å². The molecule has 106 valence electrons. The van der Waals surface area contributed by atoms with Crippen molar-refractivity contribution in [1.29, 1.82) is 0 Å². The quantitative estimate of drug-likeness (QED) is 0.660. The molecule has 0 bridgehead atoms. The summed E-state index contributed by atoms with van der Waals surface area (Å²) in [6, 6.07) is 0. The van der Waals surface area contributed by atoms with Gasteiger partial charge < -0.3 is 15.3 Å². The van der Waals surface area contributed by atoms with Gasteiger partial charge in [0.25, 0.3) is 0 Å². The molecule has 18 heavy (non-hydrogen) atoms. The number of hydrogen-bond acceptors (Lipinski definition) is 4. The highest BCUT2D eigenvalue weighted by Gasteiger charge is 2.35. The van der Waals surface area contributed by atoms with Crippen LogP contribution in [0.5, 0.6) is 0 Å². The third kappa shape index (κ3) is 4.78. The number of aliphatic carboxylic acids is 1. The first-order valence-corrected chi connectivity index (χ1v) is 7.76. The van der Waals surface area contributed by atoms with Crippen LogP contribution >= 0.6 is 11.8 Å². The molecule has 1 rings (SSSR count). The fourth-order valence-corrected chi connectivity index (χ4v) is 4.10. The van der Waals surface area contributed by atoms with Gasteiger partial charge in [-0.15, -0.1) is 0 Å². The molecule has 0 amide bonds. The number of carboxylic acid groups (broad SMARTS) is 1. The molecule has 0 aliphatic heterocycles. The Balaban J connectivity index is 2.52. The summed E-state index contributed by atoms with van der Waals surface area (Å²) in [5, 5.41) is 27.5. The summed E-state index contributed by atoms with van der Waals surface area (Å²) in [5.74, 6) is 0.0216. The minimum absolute atomic E-state index is 0.0778. The van der Waals surface area contributed by atoms with E-state index in [1.165, 1.54) is 11.8 Å². The molecule has 4 atom stereocenters. The lowest BCUT2D eigenvalue weighted by atomic mass is 9.80. The molecule has 0 spiro atoms. The van der Waals surface area contributed by atoms with Crippen molar-refractivity contribution in [3.8, 4) is 0 Å². The van der Waals surface area contributed by atoms with Crippen molar-refractivity contribution < 1.29 is 20.1 Å². The van der Waals surface area contributed by atoms with Crippen LogP contribution in [-0.4, -0.2) is 45.0 Å². The van der Waals surface area contributed by atoms with Gasteiger partial charge in [0.05, 0.1) is 18.6 Å². The second-order valence-electron chi connectivity index (χ2n) is 5.12. The summed E-state index contributed by atoms with van der Waals surface area (Å²) in [5.41, 5.74) is 0. The van der Waals surface area contributed by atoms with E-state index < -0.39 is 12.1 Å². The van der Waals surface area contributed by atoms with Gasteiger partial charge in [0, 0.05) is 11.0 Å². The largest absolute Gasteiger partial charge is 0.481 e. The lowest BCUT2D eigenvalue weighted by Crippen LogP contribution is -2.34. The number of hydrogen-bond donors (Lipinski definition) is 3. The van der Waals surface area contributed by atoms with Crippen molar-refractivity contribution in [2.45, 2.75) is 50.4 Å². The standard InChI is InChI=1S/C13H24O4S/c1-2-3-9-4-5-11(13(16)17)12(6-9)18-8-10(15)7-14/h9-12,14-15H,2-8H2,1H3,(H,16,17). The Morgan fingerprint density at radius 3 is 2.72 bits per heavy atom. The van der Waals surface area contributed by atoms with Crippen LogP contribution in [0, 0.1) is 11.8 Å². The normalized spacial score (nSPS) is 30.1. The number of aliphatic hydroxyl groups is 2. The van der Waals surface area contributed by atoms with E-state index in [2.05, 4.69) is 6.92 Å². The van der Waals surface area contributed by atoms with E-state index in [1.807, 2.05) is 0 Å². The molecule has 3 N–H and O–H groups in total. The Labute approximate surface area is 113 Å². The molecule has 0 aromatic carbocycles. The van der Waals surface area contributed by atoms with Crippen LogP contribution in [0.25, 0.3) is 0 Å².